The number of thioether (sulfide) groups is 1. The maximum absolute atomic E-state index is 5.36. The molecule has 19 heavy (non-hydrogen) atoms. The fourth-order valence-electron chi connectivity index (χ4n) is 1.57. The Morgan fingerprint density at radius 1 is 1.26 bits per heavy atom. The fourth-order valence-corrected chi connectivity index (χ4v) is 3.39. The maximum atomic E-state index is 5.36. The Labute approximate surface area is 121 Å². The average molecular weight is 289 g/mol. The van der Waals surface area contributed by atoms with Gasteiger partial charge >= 0.3 is 0 Å². The molecule has 0 aliphatic heterocycles. The lowest BCUT2D eigenvalue weighted by Crippen LogP contribution is -1.93. The third-order valence-corrected chi connectivity index (χ3v) is 4.31. The van der Waals surface area contributed by atoms with Crippen molar-refractivity contribution in [2.75, 3.05) is 6.54 Å². The van der Waals surface area contributed by atoms with E-state index >= 15 is 0 Å². The van der Waals surface area contributed by atoms with Crippen molar-refractivity contribution < 1.29 is 0 Å². The van der Waals surface area contributed by atoms with Crippen LogP contribution >= 0.6 is 23.1 Å². The third-order valence-electron chi connectivity index (χ3n) is 2.29. The Morgan fingerprint density at radius 2 is 2.00 bits per heavy atom. The van der Waals surface area contributed by atoms with E-state index in [1.807, 2.05) is 19.9 Å². The SMILES string of the molecule is Cc1cc(C)nc(SCc2cc(C#CCN)cs2)n1. The Bertz CT molecular complexity index is 603. The van der Waals surface area contributed by atoms with Crippen molar-refractivity contribution in [3.8, 4) is 11.8 Å². The predicted molar refractivity (Wildman–Crippen MR) is 81.3 cm³/mol. The minimum absolute atomic E-state index is 0.399. The number of aryl methyl sites for hydroxylation is 2. The van der Waals surface area contributed by atoms with Gasteiger partial charge in [-0.05, 0) is 26.0 Å². The van der Waals surface area contributed by atoms with Crippen LogP contribution in [0.1, 0.15) is 21.8 Å². The van der Waals surface area contributed by atoms with Crippen molar-refractivity contribution in [2.45, 2.75) is 24.8 Å². The average Bonchev–Trinajstić information content (AvgIpc) is 2.81. The van der Waals surface area contributed by atoms with E-state index < -0.39 is 0 Å². The van der Waals surface area contributed by atoms with Crippen molar-refractivity contribution in [3.63, 3.8) is 0 Å². The maximum Gasteiger partial charge on any atom is 0.188 e. The van der Waals surface area contributed by atoms with E-state index in [0.717, 1.165) is 27.9 Å². The summed E-state index contributed by atoms with van der Waals surface area (Å²) in [6, 6.07) is 4.08. The molecule has 2 aromatic heterocycles. The van der Waals surface area contributed by atoms with Crippen LogP contribution in [0.3, 0.4) is 0 Å². The molecule has 0 fully saturated rings. The highest BCUT2D eigenvalue weighted by Gasteiger charge is 2.03. The third kappa shape index (κ3) is 4.35. The summed E-state index contributed by atoms with van der Waals surface area (Å²) in [5, 5.41) is 2.89. The van der Waals surface area contributed by atoms with Gasteiger partial charge in [-0.1, -0.05) is 23.6 Å². The molecule has 0 aliphatic carbocycles. The summed E-state index contributed by atoms with van der Waals surface area (Å²) in [7, 11) is 0. The number of nitrogens with two attached hydrogens (primary N) is 1. The van der Waals surface area contributed by atoms with Gasteiger partial charge in [0, 0.05) is 33.0 Å². The summed E-state index contributed by atoms with van der Waals surface area (Å²) >= 11 is 3.36. The van der Waals surface area contributed by atoms with Crippen LogP contribution in [0.4, 0.5) is 0 Å². The summed E-state index contributed by atoms with van der Waals surface area (Å²) in [6.45, 7) is 4.38. The van der Waals surface area contributed by atoms with Gasteiger partial charge in [-0.15, -0.1) is 11.3 Å². The summed E-state index contributed by atoms with van der Waals surface area (Å²) in [5.74, 6) is 6.77. The topological polar surface area (TPSA) is 51.8 Å². The second-order valence-corrected chi connectivity index (χ2v) is 5.97. The highest BCUT2D eigenvalue weighted by atomic mass is 32.2. The molecule has 2 N–H and O–H groups in total. The molecule has 0 saturated carbocycles. The number of nitrogens with zero attached hydrogens (tertiary/aromatic N) is 2. The van der Waals surface area contributed by atoms with Crippen LogP contribution in [0.25, 0.3) is 0 Å². The molecular formula is C14H15N3S2. The predicted octanol–water partition coefficient (Wildman–Crippen LogP) is 2.76. The quantitative estimate of drug-likeness (QED) is 0.536. The molecule has 5 heteroatoms. The fraction of sp³-hybridized carbons (Fsp3) is 0.286. The number of rotatable bonds is 3. The molecule has 0 atom stereocenters. The van der Waals surface area contributed by atoms with E-state index in [1.165, 1.54) is 4.88 Å². The van der Waals surface area contributed by atoms with Gasteiger partial charge in [0.15, 0.2) is 5.16 Å². The Morgan fingerprint density at radius 3 is 2.68 bits per heavy atom. The van der Waals surface area contributed by atoms with Gasteiger partial charge in [0.1, 0.15) is 0 Å². The molecule has 0 unspecified atom stereocenters. The van der Waals surface area contributed by atoms with Gasteiger partial charge in [0.05, 0.1) is 6.54 Å². The van der Waals surface area contributed by atoms with Gasteiger partial charge in [0.2, 0.25) is 0 Å². The highest BCUT2D eigenvalue weighted by molar-refractivity contribution is 7.98. The second kappa shape index (κ2) is 6.71. The largest absolute Gasteiger partial charge is 0.320 e. The molecule has 0 aromatic carbocycles. The first-order valence-corrected chi connectivity index (χ1v) is 7.75. The van der Waals surface area contributed by atoms with Crippen LogP contribution in [0, 0.1) is 25.7 Å². The van der Waals surface area contributed by atoms with E-state index in [2.05, 4.69) is 33.3 Å². The van der Waals surface area contributed by atoms with Crippen molar-refractivity contribution in [1.29, 1.82) is 0 Å². The summed E-state index contributed by atoms with van der Waals surface area (Å²) in [4.78, 5) is 10.1. The van der Waals surface area contributed by atoms with Crippen LogP contribution in [0.5, 0.6) is 0 Å². The standard InChI is InChI=1S/C14H15N3S2/c1-10-6-11(2)17-14(16-10)19-9-13-7-12(8-18-13)4-3-5-15/h6-8H,5,9,15H2,1-2H3. The molecule has 2 rings (SSSR count). The zero-order valence-electron chi connectivity index (χ0n) is 10.9. The minimum atomic E-state index is 0.399. The van der Waals surface area contributed by atoms with Crippen molar-refractivity contribution in [1.82, 2.24) is 9.97 Å². The van der Waals surface area contributed by atoms with Crippen LogP contribution in [-0.4, -0.2) is 16.5 Å². The Hall–Kier alpha value is -1.35. The molecule has 0 aliphatic rings. The lowest BCUT2D eigenvalue weighted by atomic mass is 10.3. The first kappa shape index (κ1) is 14.1. The highest BCUT2D eigenvalue weighted by Crippen LogP contribution is 2.24. The molecule has 2 aromatic rings. The van der Waals surface area contributed by atoms with E-state index in [9.17, 15) is 0 Å². The van der Waals surface area contributed by atoms with E-state index in [4.69, 9.17) is 5.73 Å². The molecule has 0 bridgehead atoms. The monoisotopic (exact) mass is 289 g/mol. The number of thiophene rings is 1. The van der Waals surface area contributed by atoms with E-state index in [0.29, 0.717) is 6.54 Å². The second-order valence-electron chi connectivity index (χ2n) is 4.03. The first-order valence-electron chi connectivity index (χ1n) is 5.89. The van der Waals surface area contributed by atoms with Crippen molar-refractivity contribution in [3.05, 3.63) is 39.3 Å². The first-order chi connectivity index (χ1) is 9.17. The van der Waals surface area contributed by atoms with E-state index in [-0.39, 0.29) is 0 Å². The van der Waals surface area contributed by atoms with Gasteiger partial charge in [-0.3, -0.25) is 0 Å². The van der Waals surface area contributed by atoms with Crippen LogP contribution in [0.2, 0.25) is 0 Å². The summed E-state index contributed by atoms with van der Waals surface area (Å²) < 4.78 is 0. The Kier molecular flexibility index (Phi) is 4.97. The molecule has 2 heterocycles. The molecule has 98 valence electrons. The van der Waals surface area contributed by atoms with Crippen LogP contribution in [-0.2, 0) is 5.75 Å². The lowest BCUT2D eigenvalue weighted by Gasteiger charge is -2.01. The zero-order valence-corrected chi connectivity index (χ0v) is 12.6. The van der Waals surface area contributed by atoms with Crippen LogP contribution in [0.15, 0.2) is 22.7 Å². The molecular weight excluding hydrogens is 274 g/mol. The molecule has 0 saturated heterocycles. The molecule has 3 nitrogen and oxygen atoms in total. The number of hydrogen-bond donors (Lipinski definition) is 1. The van der Waals surface area contributed by atoms with Crippen molar-refractivity contribution >= 4 is 23.1 Å². The van der Waals surface area contributed by atoms with E-state index in [1.54, 1.807) is 23.1 Å². The zero-order chi connectivity index (χ0) is 13.7. The van der Waals surface area contributed by atoms with Gasteiger partial charge in [-0.2, -0.15) is 0 Å². The number of hydrogen-bond acceptors (Lipinski definition) is 5. The normalized spacial score (nSPS) is 10.1. The van der Waals surface area contributed by atoms with Crippen LogP contribution < -0.4 is 5.73 Å². The molecule has 0 radical (unpaired) electrons. The summed E-state index contributed by atoms with van der Waals surface area (Å²) in [6.07, 6.45) is 0. The van der Waals surface area contributed by atoms with Gasteiger partial charge < -0.3 is 5.73 Å². The smallest absolute Gasteiger partial charge is 0.188 e. The summed E-state index contributed by atoms with van der Waals surface area (Å²) in [5.41, 5.74) is 8.41. The van der Waals surface area contributed by atoms with Gasteiger partial charge in [-0.25, -0.2) is 9.97 Å². The Balaban J connectivity index is 2.00. The number of aromatic nitrogens is 2. The van der Waals surface area contributed by atoms with Gasteiger partial charge in [0.25, 0.3) is 0 Å². The molecule has 0 amide bonds. The van der Waals surface area contributed by atoms with Crippen molar-refractivity contribution in [2.24, 2.45) is 5.73 Å². The lowest BCUT2D eigenvalue weighted by molar-refractivity contribution is 0.902. The molecule has 0 spiro atoms. The minimum Gasteiger partial charge on any atom is -0.320 e.